The van der Waals surface area contributed by atoms with Gasteiger partial charge in [0.05, 0.1) is 11.6 Å². The highest BCUT2D eigenvalue weighted by atomic mass is 16.3. The Morgan fingerprint density at radius 2 is 2.11 bits per heavy atom. The molecule has 0 spiro atoms. The molecule has 2 N–H and O–H groups in total. The molecule has 0 bridgehead atoms. The van der Waals surface area contributed by atoms with Crippen molar-refractivity contribution >= 4 is 11.0 Å². The third kappa shape index (κ3) is 2.92. The number of nitrogens with one attached hydrogen (secondary N) is 1. The van der Waals surface area contributed by atoms with Crippen LogP contribution in [-0.2, 0) is 0 Å². The SMILES string of the molecule is CCC(C)(O)CNC(C)c1cc2ccccc2o1. The summed E-state index contributed by atoms with van der Waals surface area (Å²) in [6.07, 6.45) is 0.729. The van der Waals surface area contributed by atoms with E-state index < -0.39 is 5.60 Å². The smallest absolute Gasteiger partial charge is 0.134 e. The Hall–Kier alpha value is -1.32. The molecule has 1 heterocycles. The van der Waals surface area contributed by atoms with Crippen molar-refractivity contribution in [2.24, 2.45) is 0 Å². The van der Waals surface area contributed by atoms with Crippen LogP contribution >= 0.6 is 0 Å². The predicted molar refractivity (Wildman–Crippen MR) is 73.5 cm³/mol. The van der Waals surface area contributed by atoms with Crippen LogP contribution in [0.2, 0.25) is 0 Å². The van der Waals surface area contributed by atoms with Gasteiger partial charge in [0.1, 0.15) is 11.3 Å². The van der Waals surface area contributed by atoms with Crippen LogP contribution in [0.25, 0.3) is 11.0 Å². The molecule has 0 radical (unpaired) electrons. The second kappa shape index (κ2) is 5.12. The maximum absolute atomic E-state index is 9.97. The molecular weight excluding hydrogens is 226 g/mol. The topological polar surface area (TPSA) is 45.4 Å². The van der Waals surface area contributed by atoms with Crippen LogP contribution < -0.4 is 5.32 Å². The van der Waals surface area contributed by atoms with Crippen LogP contribution in [-0.4, -0.2) is 17.3 Å². The Kier molecular flexibility index (Phi) is 3.73. The maximum atomic E-state index is 9.97. The Balaban J connectivity index is 2.07. The van der Waals surface area contributed by atoms with Gasteiger partial charge in [-0.3, -0.25) is 0 Å². The first-order valence-electron chi connectivity index (χ1n) is 6.46. The molecule has 0 aliphatic rings. The van der Waals surface area contributed by atoms with E-state index in [0.717, 1.165) is 23.2 Å². The minimum Gasteiger partial charge on any atom is -0.459 e. The van der Waals surface area contributed by atoms with Gasteiger partial charge in [0.25, 0.3) is 0 Å². The zero-order chi connectivity index (χ0) is 13.2. The molecule has 2 unspecified atom stereocenters. The van der Waals surface area contributed by atoms with Crippen molar-refractivity contribution in [2.45, 2.75) is 38.8 Å². The quantitative estimate of drug-likeness (QED) is 0.852. The minimum absolute atomic E-state index is 0.0930. The van der Waals surface area contributed by atoms with Crippen LogP contribution in [0.1, 0.15) is 39.0 Å². The van der Waals surface area contributed by atoms with Crippen molar-refractivity contribution in [3.05, 3.63) is 36.1 Å². The lowest BCUT2D eigenvalue weighted by atomic mass is 10.0. The van der Waals surface area contributed by atoms with E-state index in [1.807, 2.05) is 51.1 Å². The molecule has 0 fully saturated rings. The standard InChI is InChI=1S/C15H21NO2/c1-4-15(3,17)10-16-11(2)14-9-12-7-5-6-8-13(12)18-14/h5-9,11,16-17H,4,10H2,1-3H3. The number of benzene rings is 1. The highest BCUT2D eigenvalue weighted by Crippen LogP contribution is 2.23. The van der Waals surface area contributed by atoms with Gasteiger partial charge in [0, 0.05) is 11.9 Å². The first kappa shape index (κ1) is 13.1. The average molecular weight is 247 g/mol. The van der Waals surface area contributed by atoms with Crippen molar-refractivity contribution in [1.29, 1.82) is 0 Å². The highest BCUT2D eigenvalue weighted by molar-refractivity contribution is 5.77. The van der Waals surface area contributed by atoms with Crippen LogP contribution in [0.3, 0.4) is 0 Å². The summed E-state index contributed by atoms with van der Waals surface area (Å²) in [7, 11) is 0. The lowest BCUT2D eigenvalue weighted by molar-refractivity contribution is 0.0527. The Morgan fingerprint density at radius 1 is 1.39 bits per heavy atom. The van der Waals surface area contributed by atoms with Gasteiger partial charge >= 0.3 is 0 Å². The second-order valence-corrected chi connectivity index (χ2v) is 5.14. The molecule has 2 rings (SSSR count). The monoisotopic (exact) mass is 247 g/mol. The number of hydrogen-bond donors (Lipinski definition) is 2. The molecule has 0 saturated carbocycles. The van der Waals surface area contributed by atoms with Gasteiger partial charge in [-0.05, 0) is 32.4 Å². The zero-order valence-electron chi connectivity index (χ0n) is 11.2. The predicted octanol–water partition coefficient (Wildman–Crippen LogP) is 3.24. The molecule has 18 heavy (non-hydrogen) atoms. The second-order valence-electron chi connectivity index (χ2n) is 5.14. The fourth-order valence-electron chi connectivity index (χ4n) is 1.81. The summed E-state index contributed by atoms with van der Waals surface area (Å²) < 4.78 is 5.78. The van der Waals surface area contributed by atoms with E-state index >= 15 is 0 Å². The molecule has 98 valence electrons. The first-order valence-corrected chi connectivity index (χ1v) is 6.46. The van der Waals surface area contributed by atoms with Crippen molar-refractivity contribution in [3.8, 4) is 0 Å². The van der Waals surface area contributed by atoms with Crippen LogP contribution in [0.15, 0.2) is 34.7 Å². The van der Waals surface area contributed by atoms with Crippen LogP contribution in [0.4, 0.5) is 0 Å². The number of para-hydroxylation sites is 1. The Bertz CT molecular complexity index is 483. The molecule has 1 aromatic carbocycles. The number of aliphatic hydroxyl groups is 1. The summed E-state index contributed by atoms with van der Waals surface area (Å²) in [5, 5.41) is 14.4. The van der Waals surface area contributed by atoms with Gasteiger partial charge in [-0.2, -0.15) is 0 Å². The molecule has 2 aromatic rings. The van der Waals surface area contributed by atoms with E-state index in [-0.39, 0.29) is 6.04 Å². The van der Waals surface area contributed by atoms with Gasteiger partial charge in [-0.25, -0.2) is 0 Å². The number of rotatable bonds is 5. The Morgan fingerprint density at radius 3 is 2.78 bits per heavy atom. The van der Waals surface area contributed by atoms with E-state index in [0.29, 0.717) is 6.54 Å². The summed E-state index contributed by atoms with van der Waals surface area (Å²) in [5.41, 5.74) is 0.240. The lowest BCUT2D eigenvalue weighted by Crippen LogP contribution is -2.38. The maximum Gasteiger partial charge on any atom is 0.134 e. The molecule has 3 nitrogen and oxygen atoms in total. The minimum atomic E-state index is -0.666. The molecule has 0 aliphatic heterocycles. The van der Waals surface area contributed by atoms with E-state index in [9.17, 15) is 5.11 Å². The molecule has 0 amide bonds. The van der Waals surface area contributed by atoms with E-state index in [1.165, 1.54) is 0 Å². The number of fused-ring (bicyclic) bond motifs is 1. The Labute approximate surface area is 108 Å². The lowest BCUT2D eigenvalue weighted by Gasteiger charge is -2.23. The fraction of sp³-hybridized carbons (Fsp3) is 0.467. The van der Waals surface area contributed by atoms with Gasteiger partial charge < -0.3 is 14.8 Å². The molecular formula is C15H21NO2. The number of hydrogen-bond acceptors (Lipinski definition) is 3. The van der Waals surface area contributed by atoms with E-state index in [4.69, 9.17) is 4.42 Å². The molecule has 1 aromatic heterocycles. The van der Waals surface area contributed by atoms with Crippen molar-refractivity contribution < 1.29 is 9.52 Å². The van der Waals surface area contributed by atoms with E-state index in [1.54, 1.807) is 0 Å². The van der Waals surface area contributed by atoms with Crippen LogP contribution in [0.5, 0.6) is 0 Å². The zero-order valence-corrected chi connectivity index (χ0v) is 11.2. The fourth-order valence-corrected chi connectivity index (χ4v) is 1.81. The highest BCUT2D eigenvalue weighted by Gasteiger charge is 2.19. The van der Waals surface area contributed by atoms with Crippen molar-refractivity contribution in [3.63, 3.8) is 0 Å². The van der Waals surface area contributed by atoms with Gasteiger partial charge in [-0.1, -0.05) is 25.1 Å². The molecule has 0 aliphatic carbocycles. The summed E-state index contributed by atoms with van der Waals surface area (Å²) in [5.74, 6) is 0.906. The van der Waals surface area contributed by atoms with Crippen molar-refractivity contribution in [2.75, 3.05) is 6.54 Å². The van der Waals surface area contributed by atoms with Crippen LogP contribution in [0, 0.1) is 0 Å². The summed E-state index contributed by atoms with van der Waals surface area (Å²) in [4.78, 5) is 0. The summed E-state index contributed by atoms with van der Waals surface area (Å²) in [6, 6.07) is 10.1. The molecule has 0 saturated heterocycles. The normalized spacial score (nSPS) is 16.7. The average Bonchev–Trinajstić information content (AvgIpc) is 2.80. The molecule has 2 atom stereocenters. The summed E-state index contributed by atoms with van der Waals surface area (Å²) >= 11 is 0. The first-order chi connectivity index (χ1) is 8.52. The van der Waals surface area contributed by atoms with Gasteiger partial charge in [-0.15, -0.1) is 0 Å². The van der Waals surface area contributed by atoms with Gasteiger partial charge in [0.15, 0.2) is 0 Å². The third-order valence-corrected chi connectivity index (χ3v) is 3.42. The van der Waals surface area contributed by atoms with Gasteiger partial charge in [0.2, 0.25) is 0 Å². The number of furan rings is 1. The third-order valence-electron chi connectivity index (χ3n) is 3.42. The molecule has 3 heteroatoms. The largest absolute Gasteiger partial charge is 0.459 e. The summed E-state index contributed by atoms with van der Waals surface area (Å²) in [6.45, 7) is 6.42. The van der Waals surface area contributed by atoms with Crippen molar-refractivity contribution in [1.82, 2.24) is 5.32 Å². The van der Waals surface area contributed by atoms with E-state index in [2.05, 4.69) is 5.32 Å².